The predicted molar refractivity (Wildman–Crippen MR) is 273 cm³/mol. The van der Waals surface area contributed by atoms with Crippen LogP contribution in [0.5, 0.6) is 0 Å². The van der Waals surface area contributed by atoms with Crippen molar-refractivity contribution >= 4 is 23.9 Å². The first-order valence-electron chi connectivity index (χ1n) is 26.5. The van der Waals surface area contributed by atoms with Crippen LogP contribution in [0.25, 0.3) is 0 Å². The summed E-state index contributed by atoms with van der Waals surface area (Å²) in [7, 11) is 0. The van der Waals surface area contributed by atoms with Crippen molar-refractivity contribution in [3.05, 3.63) is 64.6 Å². The van der Waals surface area contributed by atoms with Gasteiger partial charge >= 0.3 is 0 Å². The molecule has 0 heterocycles. The number of amides is 3. The maximum atomic E-state index is 13.5. The highest BCUT2D eigenvalue weighted by molar-refractivity contribution is 5.95. The quantitative estimate of drug-likeness (QED) is 0.0262. The maximum absolute atomic E-state index is 13.5. The third-order valence-electron chi connectivity index (χ3n) is 12.1. The number of benzene rings is 1. The Bertz CT molecular complexity index is 1390. The number of carbonyl (C=O) groups is 3. The van der Waals surface area contributed by atoms with Crippen molar-refractivity contribution < 1.29 is 19.1 Å². The first-order chi connectivity index (χ1) is 31.4. The standard InChI is InChI=1S/C55H95N5O4/c1-5-9-11-13-15-17-19-21-23-25-27-29-31-33-35-37-46-60(64)51(8-4)47-52(55(63)58-45-44-56-48-49-39-41-50(42-40-49)54(62)57-43-7-3)59-53(61)38-36-34-32-30-28-26-24-22-20-18-16-14-12-10-6-2/h21-24,39-42,48,51-52H,5-20,25-38,43-47H2,1-4H3,(H2-,57,58,59,61,62,63)/p+1. The molecule has 9 nitrogen and oxygen atoms in total. The van der Waals surface area contributed by atoms with Crippen LogP contribution in [0.2, 0.25) is 0 Å². The molecule has 0 aliphatic carbocycles. The molecule has 1 aromatic carbocycles. The van der Waals surface area contributed by atoms with Crippen LogP contribution in [0.4, 0.5) is 0 Å². The molecule has 0 fully saturated rings. The Labute approximate surface area is 392 Å². The normalized spacial score (nSPS) is 12.6. The van der Waals surface area contributed by atoms with Gasteiger partial charge in [-0.3, -0.25) is 19.4 Å². The molecule has 0 aliphatic heterocycles. The first-order valence-corrected chi connectivity index (χ1v) is 26.5. The molecule has 0 saturated heterocycles. The van der Waals surface area contributed by atoms with E-state index in [4.69, 9.17) is 0 Å². The largest absolute Gasteiger partial charge is 0.352 e. The highest BCUT2D eigenvalue weighted by Gasteiger charge is 2.31. The summed E-state index contributed by atoms with van der Waals surface area (Å²) in [4.78, 5) is 56.8. The maximum Gasteiger partial charge on any atom is 0.251 e. The van der Waals surface area contributed by atoms with E-state index in [0.29, 0.717) is 44.6 Å². The molecule has 0 bridgehead atoms. The SMILES string of the molecule is CCCCCCCCC=CCCCCCCCC[N+](=O)C(CC)CC(NC(=O)CCCCCCCC=CCCCCCCCC)C(=O)NCCN=Cc1ccc(C(=O)NCCC)cc1. The number of hydrogen-bond acceptors (Lipinski definition) is 5. The van der Waals surface area contributed by atoms with Crippen molar-refractivity contribution in [2.24, 2.45) is 4.99 Å². The third-order valence-corrected chi connectivity index (χ3v) is 12.1. The van der Waals surface area contributed by atoms with Crippen molar-refractivity contribution in [2.45, 2.75) is 239 Å². The van der Waals surface area contributed by atoms with Crippen molar-refractivity contribution in [2.75, 3.05) is 26.2 Å². The lowest BCUT2D eigenvalue weighted by Gasteiger charge is -2.20. The minimum atomic E-state index is -0.785. The highest BCUT2D eigenvalue weighted by Crippen LogP contribution is 2.14. The zero-order chi connectivity index (χ0) is 46.6. The lowest BCUT2D eigenvalue weighted by Crippen LogP contribution is -2.49. The fourth-order valence-corrected chi connectivity index (χ4v) is 7.91. The van der Waals surface area contributed by atoms with Crippen LogP contribution in [0.15, 0.2) is 53.6 Å². The molecule has 64 heavy (non-hydrogen) atoms. The van der Waals surface area contributed by atoms with E-state index >= 15 is 0 Å². The van der Waals surface area contributed by atoms with Crippen molar-refractivity contribution in [3.63, 3.8) is 0 Å². The van der Waals surface area contributed by atoms with E-state index in [1.165, 1.54) is 116 Å². The van der Waals surface area contributed by atoms with Gasteiger partial charge in [0, 0.05) is 60.2 Å². The minimum Gasteiger partial charge on any atom is -0.352 e. The van der Waals surface area contributed by atoms with Crippen molar-refractivity contribution in [1.29, 1.82) is 0 Å². The number of aliphatic imine (C=N–C) groups is 1. The predicted octanol–water partition coefficient (Wildman–Crippen LogP) is 13.9. The van der Waals surface area contributed by atoms with E-state index in [0.717, 1.165) is 74.5 Å². The van der Waals surface area contributed by atoms with Gasteiger partial charge in [-0.15, -0.1) is 0 Å². The lowest BCUT2D eigenvalue weighted by atomic mass is 10.0. The third kappa shape index (κ3) is 33.8. The average Bonchev–Trinajstić information content (AvgIpc) is 3.30. The molecule has 0 saturated carbocycles. The number of nitrogens with one attached hydrogen (secondary N) is 3. The summed E-state index contributed by atoms with van der Waals surface area (Å²) in [5, 5.41) is 8.84. The molecule has 0 aromatic heterocycles. The van der Waals surface area contributed by atoms with Crippen LogP contribution in [0, 0.1) is 4.91 Å². The Morgan fingerprint density at radius 2 is 1.06 bits per heavy atom. The second-order valence-corrected chi connectivity index (χ2v) is 18.0. The Morgan fingerprint density at radius 1 is 0.578 bits per heavy atom. The fourth-order valence-electron chi connectivity index (χ4n) is 7.91. The van der Waals surface area contributed by atoms with Gasteiger partial charge in [0.1, 0.15) is 6.04 Å². The van der Waals surface area contributed by atoms with Gasteiger partial charge in [0.05, 0.1) is 6.54 Å². The van der Waals surface area contributed by atoms with Crippen LogP contribution in [0.3, 0.4) is 0 Å². The van der Waals surface area contributed by atoms with Gasteiger partial charge in [0.2, 0.25) is 17.9 Å². The summed E-state index contributed by atoms with van der Waals surface area (Å²) in [6, 6.07) is 6.11. The van der Waals surface area contributed by atoms with Crippen LogP contribution in [-0.2, 0) is 9.59 Å². The summed E-state index contributed by atoms with van der Waals surface area (Å²) in [6.07, 6.45) is 45.9. The molecule has 3 N–H and O–H groups in total. The fraction of sp³-hybridized carbons (Fsp3) is 0.745. The monoisotopic (exact) mass is 891 g/mol. The minimum absolute atomic E-state index is 0.0915. The Balaban J connectivity index is 2.54. The number of rotatable bonds is 44. The van der Waals surface area contributed by atoms with Gasteiger partial charge in [0.15, 0.2) is 6.54 Å². The summed E-state index contributed by atoms with van der Waals surface area (Å²) in [6.45, 7) is 10.3. The number of carbonyl (C=O) groups excluding carboxylic acids is 3. The van der Waals surface area contributed by atoms with Crippen molar-refractivity contribution in [3.8, 4) is 0 Å². The number of hydrogen-bond donors (Lipinski definition) is 3. The summed E-state index contributed by atoms with van der Waals surface area (Å²) < 4.78 is 1.15. The lowest BCUT2D eigenvalue weighted by molar-refractivity contribution is -0.588. The van der Waals surface area contributed by atoms with Crippen LogP contribution >= 0.6 is 0 Å². The van der Waals surface area contributed by atoms with E-state index in [1.54, 1.807) is 18.3 Å². The molecule has 9 heteroatoms. The van der Waals surface area contributed by atoms with Gasteiger partial charge in [0.25, 0.3) is 5.91 Å². The topological polar surface area (TPSA) is 120 Å². The second kappa shape index (κ2) is 43.3. The van der Waals surface area contributed by atoms with Gasteiger partial charge in [-0.25, -0.2) is 0 Å². The smallest absolute Gasteiger partial charge is 0.251 e. The molecule has 2 atom stereocenters. The van der Waals surface area contributed by atoms with Gasteiger partial charge < -0.3 is 16.0 Å². The number of allylic oxidation sites excluding steroid dienone is 4. The van der Waals surface area contributed by atoms with Crippen molar-refractivity contribution in [1.82, 2.24) is 16.0 Å². The van der Waals surface area contributed by atoms with Gasteiger partial charge in [-0.1, -0.05) is 167 Å². The average molecular weight is 891 g/mol. The number of unbranched alkanes of at least 4 members (excludes halogenated alkanes) is 23. The summed E-state index contributed by atoms with van der Waals surface area (Å²) in [5.41, 5.74) is 1.47. The van der Waals surface area contributed by atoms with E-state index in [-0.39, 0.29) is 30.2 Å². The molecule has 0 radical (unpaired) electrons. The Kier molecular flexibility index (Phi) is 39.5. The molecule has 0 spiro atoms. The van der Waals surface area contributed by atoms with Gasteiger partial charge in [-0.2, -0.15) is 0 Å². The van der Waals surface area contributed by atoms with Crippen LogP contribution in [-0.4, -0.2) is 67.0 Å². The molecule has 3 amide bonds. The molecule has 0 aliphatic rings. The first kappa shape index (κ1) is 58.4. The zero-order valence-electron chi connectivity index (χ0n) is 41.6. The zero-order valence-corrected chi connectivity index (χ0v) is 41.6. The summed E-state index contributed by atoms with van der Waals surface area (Å²) >= 11 is 0. The molecule has 2 unspecified atom stereocenters. The second-order valence-electron chi connectivity index (χ2n) is 18.0. The molecule has 1 rings (SSSR count). The summed E-state index contributed by atoms with van der Waals surface area (Å²) in [5.74, 6) is -0.505. The highest BCUT2D eigenvalue weighted by atomic mass is 16.3. The van der Waals surface area contributed by atoms with E-state index in [1.807, 2.05) is 26.0 Å². The van der Waals surface area contributed by atoms with Gasteiger partial charge in [-0.05, 0) is 88.3 Å². The van der Waals surface area contributed by atoms with E-state index in [2.05, 4.69) is 59.1 Å². The molecular weight excluding hydrogens is 795 g/mol. The molecular formula is C55H96N5O4+. The van der Waals surface area contributed by atoms with Crippen LogP contribution < -0.4 is 16.0 Å². The Hall–Kier alpha value is -3.62. The molecule has 1 aromatic rings. The number of nitrogens with zero attached hydrogens (tertiary/aromatic N) is 2. The van der Waals surface area contributed by atoms with Crippen LogP contribution in [0.1, 0.15) is 243 Å². The molecule has 364 valence electrons. The van der Waals surface area contributed by atoms with E-state index in [9.17, 15) is 19.3 Å². The van der Waals surface area contributed by atoms with E-state index < -0.39 is 6.04 Å². The number of nitroso groups, excluding NO2 is 1. The Morgan fingerprint density at radius 3 is 1.56 bits per heavy atom.